The molecule has 140 valence electrons. The second-order valence-electron chi connectivity index (χ2n) is 7.09. The topological polar surface area (TPSA) is 59.0 Å². The zero-order valence-electron chi connectivity index (χ0n) is 16.6. The molecule has 5 heteroatoms. The van der Waals surface area contributed by atoms with E-state index in [0.29, 0.717) is 6.54 Å². The molecule has 0 radical (unpaired) electrons. The summed E-state index contributed by atoms with van der Waals surface area (Å²) < 4.78 is 1.92. The molecular weight excluding hydrogens is 336 g/mol. The average Bonchev–Trinajstić information content (AvgIpc) is 2.87. The van der Waals surface area contributed by atoms with Crippen LogP contribution < -0.4 is 10.6 Å². The quantitative estimate of drug-likeness (QED) is 0.677. The molecule has 1 heterocycles. The Morgan fingerprint density at radius 2 is 1.59 bits per heavy atom. The van der Waals surface area contributed by atoms with E-state index in [4.69, 9.17) is 0 Å². The lowest BCUT2D eigenvalue weighted by molar-refractivity contribution is 0.262. The van der Waals surface area contributed by atoms with Crippen LogP contribution in [0.15, 0.2) is 42.5 Å². The van der Waals surface area contributed by atoms with Gasteiger partial charge in [-0.15, -0.1) is 0 Å². The Morgan fingerprint density at radius 3 is 2.26 bits per heavy atom. The molecule has 0 bridgehead atoms. The number of urea groups is 1. The summed E-state index contributed by atoms with van der Waals surface area (Å²) in [6.45, 7) is 10.6. The predicted octanol–water partition coefficient (Wildman–Crippen LogP) is 5.12. The minimum Gasteiger partial charge on any atom is -0.307 e. The molecule has 3 rings (SSSR count). The fourth-order valence-corrected chi connectivity index (χ4v) is 3.12. The maximum absolute atomic E-state index is 12.5. The lowest BCUT2D eigenvalue weighted by atomic mass is 10.1. The van der Waals surface area contributed by atoms with Gasteiger partial charge in [-0.25, -0.2) is 4.79 Å². The van der Waals surface area contributed by atoms with Crippen molar-refractivity contribution in [2.24, 2.45) is 0 Å². The second kappa shape index (κ2) is 7.66. The highest BCUT2D eigenvalue weighted by Gasteiger charge is 2.15. The molecule has 0 spiro atoms. The number of hydrogen-bond donors (Lipinski definition) is 2. The van der Waals surface area contributed by atoms with Gasteiger partial charge < -0.3 is 10.6 Å². The second-order valence-corrected chi connectivity index (χ2v) is 7.09. The van der Waals surface area contributed by atoms with E-state index in [2.05, 4.69) is 46.9 Å². The number of nitrogens with zero attached hydrogens (tertiary/aromatic N) is 2. The number of aryl methyl sites for hydroxylation is 4. The zero-order valence-corrected chi connectivity index (χ0v) is 16.6. The lowest BCUT2D eigenvalue weighted by Crippen LogP contribution is -2.20. The minimum absolute atomic E-state index is 0.261. The smallest absolute Gasteiger partial charge is 0.307 e. The third-order valence-corrected chi connectivity index (χ3v) is 4.70. The van der Waals surface area contributed by atoms with E-state index in [9.17, 15) is 4.79 Å². The largest absolute Gasteiger partial charge is 0.323 e. The van der Waals surface area contributed by atoms with Crippen molar-refractivity contribution in [1.29, 1.82) is 0 Å². The highest BCUT2D eigenvalue weighted by molar-refractivity contribution is 6.00. The van der Waals surface area contributed by atoms with E-state index in [-0.39, 0.29) is 6.03 Å². The Hall–Kier alpha value is -3.08. The van der Waals surface area contributed by atoms with Crippen LogP contribution in [0.2, 0.25) is 0 Å². The first-order chi connectivity index (χ1) is 12.8. The average molecular weight is 362 g/mol. The Labute approximate surface area is 160 Å². The number of rotatable bonds is 4. The lowest BCUT2D eigenvalue weighted by Gasteiger charge is -2.11. The monoisotopic (exact) mass is 362 g/mol. The number of anilines is 2. The number of carbonyl (C=O) groups is 1. The molecule has 0 aliphatic carbocycles. The number of carbonyl (C=O) groups excluding carboxylic acids is 1. The molecule has 0 aliphatic heterocycles. The van der Waals surface area contributed by atoms with Crippen LogP contribution >= 0.6 is 0 Å². The van der Waals surface area contributed by atoms with Gasteiger partial charge in [-0.2, -0.15) is 5.10 Å². The van der Waals surface area contributed by atoms with E-state index in [1.54, 1.807) is 0 Å². The summed E-state index contributed by atoms with van der Waals surface area (Å²) in [5.41, 5.74) is 7.91. The number of aromatic nitrogens is 2. The van der Waals surface area contributed by atoms with Crippen LogP contribution in [0.3, 0.4) is 0 Å². The molecule has 27 heavy (non-hydrogen) atoms. The van der Waals surface area contributed by atoms with Crippen LogP contribution in [0.25, 0.3) is 0 Å². The minimum atomic E-state index is -0.261. The molecule has 0 fully saturated rings. The number of benzene rings is 2. The van der Waals surface area contributed by atoms with E-state index in [1.807, 2.05) is 50.6 Å². The Morgan fingerprint density at radius 1 is 0.926 bits per heavy atom. The standard InChI is InChI=1S/C22H26N4O/c1-14-6-9-19(10-7-14)13-26-18(5)21(17(4)25-26)24-22(27)23-20-11-8-15(2)12-16(20)3/h6-12H,13H2,1-5H3,(H2,23,24,27). The van der Waals surface area contributed by atoms with Crippen molar-refractivity contribution >= 4 is 17.4 Å². The van der Waals surface area contributed by atoms with Crippen molar-refractivity contribution in [1.82, 2.24) is 9.78 Å². The molecule has 2 N–H and O–H groups in total. The fraction of sp³-hybridized carbons (Fsp3) is 0.273. The van der Waals surface area contributed by atoms with Crippen LogP contribution in [0, 0.1) is 34.6 Å². The van der Waals surface area contributed by atoms with Crippen LogP contribution in [-0.4, -0.2) is 15.8 Å². The summed E-state index contributed by atoms with van der Waals surface area (Å²) in [7, 11) is 0. The molecule has 0 saturated heterocycles. The first-order valence-electron chi connectivity index (χ1n) is 9.08. The van der Waals surface area contributed by atoms with E-state index >= 15 is 0 Å². The molecule has 1 aromatic heterocycles. The summed E-state index contributed by atoms with van der Waals surface area (Å²) >= 11 is 0. The highest BCUT2D eigenvalue weighted by Crippen LogP contribution is 2.22. The summed E-state index contributed by atoms with van der Waals surface area (Å²) in [5, 5.41) is 10.5. The van der Waals surface area contributed by atoms with Crippen molar-refractivity contribution in [2.45, 2.75) is 41.2 Å². The van der Waals surface area contributed by atoms with Crippen molar-refractivity contribution in [3.63, 3.8) is 0 Å². The fourth-order valence-electron chi connectivity index (χ4n) is 3.12. The molecule has 2 amide bonds. The summed E-state index contributed by atoms with van der Waals surface area (Å²) in [4.78, 5) is 12.5. The number of amides is 2. The zero-order chi connectivity index (χ0) is 19.6. The van der Waals surface area contributed by atoms with Gasteiger partial charge in [0.05, 0.1) is 23.6 Å². The van der Waals surface area contributed by atoms with Crippen molar-refractivity contribution in [3.05, 3.63) is 76.1 Å². The van der Waals surface area contributed by atoms with Gasteiger partial charge in [0.2, 0.25) is 0 Å². The van der Waals surface area contributed by atoms with E-state index in [1.165, 1.54) is 16.7 Å². The van der Waals surface area contributed by atoms with E-state index < -0.39 is 0 Å². The van der Waals surface area contributed by atoms with Crippen molar-refractivity contribution < 1.29 is 4.79 Å². The summed E-state index contributed by atoms with van der Waals surface area (Å²) in [6.07, 6.45) is 0. The van der Waals surface area contributed by atoms with Crippen LogP contribution in [-0.2, 0) is 6.54 Å². The molecule has 5 nitrogen and oxygen atoms in total. The van der Waals surface area contributed by atoms with E-state index in [0.717, 1.165) is 28.3 Å². The Balaban J connectivity index is 1.74. The molecule has 0 unspecified atom stereocenters. The normalized spacial score (nSPS) is 10.7. The number of nitrogens with one attached hydrogen (secondary N) is 2. The third kappa shape index (κ3) is 4.37. The van der Waals surface area contributed by atoms with Gasteiger partial charge >= 0.3 is 6.03 Å². The van der Waals surface area contributed by atoms with Gasteiger partial charge in [-0.1, -0.05) is 47.5 Å². The van der Waals surface area contributed by atoms with Crippen LogP contribution in [0.1, 0.15) is 33.6 Å². The molecule has 0 atom stereocenters. The van der Waals surface area contributed by atoms with Gasteiger partial charge in [0.1, 0.15) is 0 Å². The summed E-state index contributed by atoms with van der Waals surface area (Å²) in [6, 6.07) is 14.1. The Bertz CT molecular complexity index is 971. The Kier molecular flexibility index (Phi) is 5.31. The molecule has 0 saturated carbocycles. The van der Waals surface area contributed by atoms with Crippen molar-refractivity contribution in [3.8, 4) is 0 Å². The highest BCUT2D eigenvalue weighted by atomic mass is 16.2. The van der Waals surface area contributed by atoms with Gasteiger partial charge in [0.25, 0.3) is 0 Å². The molecule has 2 aromatic carbocycles. The van der Waals surface area contributed by atoms with Gasteiger partial charge in [0, 0.05) is 5.69 Å². The van der Waals surface area contributed by atoms with Crippen LogP contribution in [0.5, 0.6) is 0 Å². The molecular formula is C22H26N4O. The maximum atomic E-state index is 12.5. The predicted molar refractivity (Wildman–Crippen MR) is 111 cm³/mol. The first kappa shape index (κ1) is 18.7. The van der Waals surface area contributed by atoms with Gasteiger partial charge in [0.15, 0.2) is 0 Å². The van der Waals surface area contributed by atoms with Gasteiger partial charge in [-0.3, -0.25) is 4.68 Å². The number of hydrogen-bond acceptors (Lipinski definition) is 2. The van der Waals surface area contributed by atoms with Gasteiger partial charge in [-0.05, 0) is 51.8 Å². The third-order valence-electron chi connectivity index (χ3n) is 4.70. The molecule has 0 aliphatic rings. The van der Waals surface area contributed by atoms with Crippen molar-refractivity contribution in [2.75, 3.05) is 10.6 Å². The van der Waals surface area contributed by atoms with Crippen LogP contribution in [0.4, 0.5) is 16.2 Å². The SMILES string of the molecule is Cc1ccc(Cn2nc(C)c(NC(=O)Nc3ccc(C)cc3C)c2C)cc1. The maximum Gasteiger partial charge on any atom is 0.323 e. The first-order valence-corrected chi connectivity index (χ1v) is 9.08. The summed E-state index contributed by atoms with van der Waals surface area (Å²) in [5.74, 6) is 0. The molecule has 3 aromatic rings.